The van der Waals surface area contributed by atoms with Crippen LogP contribution in [-0.2, 0) is 14.3 Å². The Hall–Kier alpha value is -1.83. The summed E-state index contributed by atoms with van der Waals surface area (Å²) in [5, 5.41) is 24.0. The van der Waals surface area contributed by atoms with Gasteiger partial charge in [-0.05, 0) is 50.7 Å². The van der Waals surface area contributed by atoms with Crippen LogP contribution in [0.4, 0.5) is 0 Å². The van der Waals surface area contributed by atoms with E-state index in [2.05, 4.69) is 11.1 Å². The fraction of sp³-hybridized carbons (Fsp3) is 0.640. The largest absolute Gasteiger partial charge is 0.457 e. The van der Waals surface area contributed by atoms with Gasteiger partial charge in [-0.1, -0.05) is 32.9 Å². The molecule has 0 saturated carbocycles. The molecule has 178 valence electrons. The van der Waals surface area contributed by atoms with Gasteiger partial charge in [-0.25, -0.2) is 4.98 Å². The Balaban J connectivity index is 2.21. The van der Waals surface area contributed by atoms with E-state index in [-0.39, 0.29) is 18.1 Å². The third-order valence-corrected chi connectivity index (χ3v) is 7.08. The highest BCUT2D eigenvalue weighted by Crippen LogP contribution is 2.25. The van der Waals surface area contributed by atoms with Gasteiger partial charge in [-0.3, -0.25) is 9.59 Å². The van der Waals surface area contributed by atoms with E-state index < -0.39 is 36.1 Å². The molecule has 0 radical (unpaired) electrons. The van der Waals surface area contributed by atoms with Crippen molar-refractivity contribution in [1.29, 1.82) is 0 Å². The van der Waals surface area contributed by atoms with Gasteiger partial charge in [-0.15, -0.1) is 11.3 Å². The number of aliphatic hydroxyl groups is 2. The number of aryl methyl sites for hydroxylation is 1. The molecule has 32 heavy (non-hydrogen) atoms. The van der Waals surface area contributed by atoms with Gasteiger partial charge in [0, 0.05) is 23.6 Å². The Morgan fingerprint density at radius 2 is 1.91 bits per heavy atom. The first-order valence-electron chi connectivity index (χ1n) is 11.4. The predicted octanol–water partition coefficient (Wildman–Crippen LogP) is 4.49. The average molecular weight is 464 g/mol. The molecule has 1 aromatic heterocycles. The minimum absolute atomic E-state index is 0.0240. The number of hydrogen-bond acceptors (Lipinski definition) is 7. The maximum absolute atomic E-state index is 12.8. The zero-order chi connectivity index (χ0) is 23.8. The van der Waals surface area contributed by atoms with E-state index in [1.165, 1.54) is 0 Å². The fourth-order valence-corrected chi connectivity index (χ4v) is 4.56. The molecule has 1 aliphatic rings. The summed E-state index contributed by atoms with van der Waals surface area (Å²) in [6.45, 7) is 9.10. The Labute approximate surface area is 195 Å². The van der Waals surface area contributed by atoms with Crippen LogP contribution in [0.5, 0.6) is 0 Å². The summed E-state index contributed by atoms with van der Waals surface area (Å²) >= 11 is 1.56. The minimum atomic E-state index is -1.16. The Morgan fingerprint density at radius 1 is 1.19 bits per heavy atom. The zero-order valence-electron chi connectivity index (χ0n) is 19.8. The molecule has 7 heteroatoms. The van der Waals surface area contributed by atoms with Crippen LogP contribution in [-0.4, -0.2) is 45.3 Å². The number of cyclic esters (lactones) is 1. The van der Waals surface area contributed by atoms with Crippen molar-refractivity contribution in [2.45, 2.75) is 85.0 Å². The number of ketones is 1. The van der Waals surface area contributed by atoms with E-state index in [9.17, 15) is 19.8 Å². The zero-order valence-corrected chi connectivity index (χ0v) is 20.6. The molecule has 2 N–H and O–H groups in total. The van der Waals surface area contributed by atoms with Crippen LogP contribution >= 0.6 is 11.3 Å². The van der Waals surface area contributed by atoms with E-state index in [1.54, 1.807) is 25.2 Å². The van der Waals surface area contributed by atoms with Gasteiger partial charge in [-0.2, -0.15) is 0 Å². The lowest BCUT2D eigenvalue weighted by molar-refractivity contribution is -0.151. The smallest absolute Gasteiger partial charge is 0.309 e. The van der Waals surface area contributed by atoms with Gasteiger partial charge >= 0.3 is 5.97 Å². The third-order valence-electron chi connectivity index (χ3n) is 6.29. The summed E-state index contributed by atoms with van der Waals surface area (Å²) in [5.41, 5.74) is 1.70. The van der Waals surface area contributed by atoms with Crippen molar-refractivity contribution in [2.24, 2.45) is 17.8 Å². The number of esters is 1. The second-order valence-electron chi connectivity index (χ2n) is 9.02. The molecule has 0 aliphatic carbocycles. The second-order valence-corrected chi connectivity index (χ2v) is 10.1. The lowest BCUT2D eigenvalue weighted by Gasteiger charge is -2.28. The van der Waals surface area contributed by atoms with Crippen molar-refractivity contribution in [3.05, 3.63) is 33.8 Å². The minimum Gasteiger partial charge on any atom is -0.457 e. The number of hydrogen-bond donors (Lipinski definition) is 2. The van der Waals surface area contributed by atoms with Gasteiger partial charge in [0.25, 0.3) is 0 Å². The molecule has 1 unspecified atom stereocenters. The Kier molecular flexibility index (Phi) is 10.3. The number of ether oxygens (including phenoxy) is 1. The van der Waals surface area contributed by atoms with Crippen molar-refractivity contribution in [3.63, 3.8) is 0 Å². The molecule has 0 amide bonds. The number of carbonyl (C=O) groups is 2. The van der Waals surface area contributed by atoms with Crippen LogP contribution in [0.15, 0.2) is 23.1 Å². The molecule has 6 atom stereocenters. The number of rotatable bonds is 2. The summed E-state index contributed by atoms with van der Waals surface area (Å²) < 4.78 is 5.71. The molecule has 2 rings (SSSR count). The number of aromatic nitrogens is 1. The lowest BCUT2D eigenvalue weighted by atomic mass is 9.81. The SMILES string of the molecule is C/C(=C\c1csc(C)n1)[C@@H]1C/C=C\CCC[C@H](C)[C@H](O)[C@@H](C)C(=O)[C@H](C)C(O)CC(=O)O1. The average Bonchev–Trinajstić information content (AvgIpc) is 3.16. The number of Topliss-reactive ketones (excluding diaryl/α,β-unsaturated/α-hetero) is 1. The van der Waals surface area contributed by atoms with E-state index in [0.29, 0.717) is 6.42 Å². The molecular weight excluding hydrogens is 426 g/mol. The normalized spacial score (nSPS) is 33.0. The molecule has 0 aromatic carbocycles. The van der Waals surface area contributed by atoms with Crippen LogP contribution in [0.1, 0.15) is 70.5 Å². The van der Waals surface area contributed by atoms with E-state index in [1.807, 2.05) is 38.3 Å². The first kappa shape index (κ1) is 26.4. The van der Waals surface area contributed by atoms with Gasteiger partial charge in [0.2, 0.25) is 0 Å². The lowest BCUT2D eigenvalue weighted by Crippen LogP contribution is -2.39. The van der Waals surface area contributed by atoms with Crippen molar-refractivity contribution in [2.75, 3.05) is 0 Å². The Bertz CT molecular complexity index is 830. The summed E-state index contributed by atoms with van der Waals surface area (Å²) in [5.74, 6) is -2.17. The first-order chi connectivity index (χ1) is 15.1. The van der Waals surface area contributed by atoms with Crippen molar-refractivity contribution in [3.8, 4) is 0 Å². The van der Waals surface area contributed by atoms with Crippen molar-refractivity contribution in [1.82, 2.24) is 4.98 Å². The van der Waals surface area contributed by atoms with Gasteiger partial charge < -0.3 is 14.9 Å². The maximum atomic E-state index is 12.8. The van der Waals surface area contributed by atoms with Gasteiger partial charge in [0.15, 0.2) is 0 Å². The highest BCUT2D eigenvalue weighted by atomic mass is 32.1. The highest BCUT2D eigenvalue weighted by molar-refractivity contribution is 7.09. The quantitative estimate of drug-likeness (QED) is 0.496. The monoisotopic (exact) mass is 463 g/mol. The van der Waals surface area contributed by atoms with Crippen molar-refractivity contribution >= 4 is 29.2 Å². The van der Waals surface area contributed by atoms with Crippen LogP contribution in [0, 0.1) is 24.7 Å². The van der Waals surface area contributed by atoms with E-state index in [0.717, 1.165) is 35.5 Å². The molecule has 6 nitrogen and oxygen atoms in total. The van der Waals surface area contributed by atoms with Crippen LogP contribution < -0.4 is 0 Å². The number of carbonyl (C=O) groups excluding carboxylic acids is 2. The fourth-order valence-electron chi connectivity index (χ4n) is 3.99. The van der Waals surface area contributed by atoms with E-state index >= 15 is 0 Å². The summed E-state index contributed by atoms with van der Waals surface area (Å²) in [7, 11) is 0. The van der Waals surface area contributed by atoms with Crippen molar-refractivity contribution < 1.29 is 24.5 Å². The van der Waals surface area contributed by atoms with Gasteiger partial charge in [0.1, 0.15) is 11.9 Å². The van der Waals surface area contributed by atoms with Crippen LogP contribution in [0.25, 0.3) is 6.08 Å². The molecule has 1 aliphatic heterocycles. The van der Waals surface area contributed by atoms with Crippen LogP contribution in [0.2, 0.25) is 0 Å². The summed E-state index contributed by atoms with van der Waals surface area (Å²) in [4.78, 5) is 29.8. The molecule has 0 saturated heterocycles. The Morgan fingerprint density at radius 3 is 2.56 bits per heavy atom. The molecule has 2 heterocycles. The molecule has 1 aromatic rings. The molecular formula is C25H37NO5S. The number of aliphatic hydroxyl groups excluding tert-OH is 2. The predicted molar refractivity (Wildman–Crippen MR) is 127 cm³/mol. The van der Waals surface area contributed by atoms with Crippen LogP contribution in [0.3, 0.4) is 0 Å². The first-order valence-corrected chi connectivity index (χ1v) is 12.3. The second kappa shape index (κ2) is 12.4. The molecule has 0 bridgehead atoms. The molecule has 0 fully saturated rings. The number of allylic oxidation sites excluding steroid dienone is 1. The summed E-state index contributed by atoms with van der Waals surface area (Å²) in [6, 6.07) is 0. The third kappa shape index (κ3) is 7.64. The van der Waals surface area contributed by atoms with E-state index in [4.69, 9.17) is 4.74 Å². The highest BCUT2D eigenvalue weighted by Gasteiger charge is 2.34. The maximum Gasteiger partial charge on any atom is 0.309 e. The standard InChI is InChI=1S/C25H37NO5S/c1-15-10-8-6-7-9-11-22(16(2)12-20-14-32-19(5)26-20)31-23(28)13-21(27)17(3)25(30)18(4)24(15)29/h7,9,12,14-15,17-18,21-22,24,27,29H,6,8,10-11,13H2,1-5H3/b9-7-,16-12+/t15-,17+,18+,21?,22-,24-/m0/s1. The topological polar surface area (TPSA) is 96.7 Å². The number of nitrogens with zero attached hydrogens (tertiary/aromatic N) is 1. The molecule has 0 spiro atoms. The number of thiazole rings is 1. The summed E-state index contributed by atoms with van der Waals surface area (Å²) in [6.07, 6.45) is 6.41. The van der Waals surface area contributed by atoms with Gasteiger partial charge in [0.05, 0.1) is 29.3 Å².